The van der Waals surface area contributed by atoms with Gasteiger partial charge in [0.1, 0.15) is 11.9 Å². The molecule has 0 aliphatic carbocycles. The summed E-state index contributed by atoms with van der Waals surface area (Å²) >= 11 is 0. The first-order chi connectivity index (χ1) is 8.96. The molecule has 2 aliphatic rings. The smallest absolute Gasteiger partial charge is 0.123 e. The average Bonchev–Trinajstić information content (AvgIpc) is 2.67. The number of fused-ring (bicyclic) bond motifs is 1. The molecule has 1 atom stereocenters. The van der Waals surface area contributed by atoms with Crippen LogP contribution in [0.4, 0.5) is 0 Å². The lowest BCUT2D eigenvalue weighted by Gasteiger charge is -2.49. The number of aliphatic hydroxyl groups is 1. The summed E-state index contributed by atoms with van der Waals surface area (Å²) < 4.78 is 5.97. The summed E-state index contributed by atoms with van der Waals surface area (Å²) in [7, 11) is 0. The average molecular weight is 261 g/mol. The van der Waals surface area contributed by atoms with Crippen LogP contribution in [0.15, 0.2) is 18.2 Å². The first-order valence-corrected chi connectivity index (χ1v) is 7.17. The van der Waals surface area contributed by atoms with Gasteiger partial charge < -0.3 is 9.84 Å². The highest BCUT2D eigenvalue weighted by Gasteiger charge is 2.44. The summed E-state index contributed by atoms with van der Waals surface area (Å²) in [5, 5.41) is 10.3. The Kier molecular flexibility index (Phi) is 3.06. The van der Waals surface area contributed by atoms with E-state index in [0.29, 0.717) is 5.92 Å². The number of benzene rings is 1. The molecule has 3 rings (SSSR count). The van der Waals surface area contributed by atoms with Crippen LogP contribution in [0, 0.1) is 12.8 Å². The van der Waals surface area contributed by atoms with Crippen molar-refractivity contribution in [2.75, 3.05) is 19.6 Å². The maximum atomic E-state index is 10.3. The summed E-state index contributed by atoms with van der Waals surface area (Å²) in [4.78, 5) is 2.30. The molecule has 2 heterocycles. The summed E-state index contributed by atoms with van der Waals surface area (Å²) in [6.45, 7) is 8.76. The lowest BCUT2D eigenvalue weighted by atomic mass is 9.83. The Morgan fingerprint density at radius 1 is 1.42 bits per heavy atom. The molecule has 1 aromatic rings. The Labute approximate surface area is 115 Å². The monoisotopic (exact) mass is 261 g/mol. The summed E-state index contributed by atoms with van der Waals surface area (Å²) in [6.07, 6.45) is 1.24. The molecular weight excluding hydrogens is 238 g/mol. The maximum absolute atomic E-state index is 10.3. The largest absolute Gasteiger partial charge is 0.488 e. The predicted octanol–water partition coefficient (Wildman–Crippen LogP) is 2.00. The zero-order chi connectivity index (χ0) is 13.6. The number of rotatable bonds is 3. The van der Waals surface area contributed by atoms with Crippen LogP contribution >= 0.6 is 0 Å². The van der Waals surface area contributed by atoms with E-state index in [0.717, 1.165) is 31.8 Å². The van der Waals surface area contributed by atoms with Gasteiger partial charge in [-0.1, -0.05) is 31.5 Å². The van der Waals surface area contributed by atoms with E-state index >= 15 is 0 Å². The van der Waals surface area contributed by atoms with Gasteiger partial charge in [0.05, 0.1) is 5.60 Å². The molecule has 0 saturated carbocycles. The van der Waals surface area contributed by atoms with E-state index in [1.165, 1.54) is 11.1 Å². The van der Waals surface area contributed by atoms with E-state index in [1.807, 2.05) is 0 Å². The molecule has 0 spiro atoms. The van der Waals surface area contributed by atoms with Crippen LogP contribution in [0.3, 0.4) is 0 Å². The SMILES string of the molecule is Cc1ccc2c(c1)CC(CN1CC(O)(C(C)C)C1)O2. The summed E-state index contributed by atoms with van der Waals surface area (Å²) in [5.41, 5.74) is 2.13. The van der Waals surface area contributed by atoms with Gasteiger partial charge in [0.25, 0.3) is 0 Å². The van der Waals surface area contributed by atoms with E-state index in [1.54, 1.807) is 0 Å². The van der Waals surface area contributed by atoms with Crippen molar-refractivity contribution in [3.63, 3.8) is 0 Å². The molecule has 0 amide bonds. The van der Waals surface area contributed by atoms with Gasteiger partial charge in [0.2, 0.25) is 0 Å². The number of likely N-dealkylation sites (tertiary alicyclic amines) is 1. The Bertz CT molecular complexity index is 478. The normalized spacial score (nSPS) is 25.0. The lowest BCUT2D eigenvalue weighted by Crippen LogP contribution is -2.65. The zero-order valence-electron chi connectivity index (χ0n) is 12.0. The lowest BCUT2D eigenvalue weighted by molar-refractivity contribution is -0.133. The van der Waals surface area contributed by atoms with Crippen LogP contribution in [0.25, 0.3) is 0 Å². The van der Waals surface area contributed by atoms with Crippen molar-refractivity contribution in [2.45, 2.75) is 38.9 Å². The Morgan fingerprint density at radius 2 is 2.16 bits per heavy atom. The number of hydrogen-bond donors (Lipinski definition) is 1. The van der Waals surface area contributed by atoms with Crippen molar-refractivity contribution in [3.05, 3.63) is 29.3 Å². The van der Waals surface area contributed by atoms with Crippen LogP contribution in [0.2, 0.25) is 0 Å². The quantitative estimate of drug-likeness (QED) is 0.903. The van der Waals surface area contributed by atoms with E-state index in [9.17, 15) is 5.11 Å². The van der Waals surface area contributed by atoms with E-state index < -0.39 is 5.60 Å². The summed E-state index contributed by atoms with van der Waals surface area (Å²) in [5.74, 6) is 1.36. The van der Waals surface area contributed by atoms with Gasteiger partial charge >= 0.3 is 0 Å². The number of hydrogen-bond acceptors (Lipinski definition) is 3. The molecule has 0 aromatic heterocycles. The third kappa shape index (κ3) is 2.37. The van der Waals surface area contributed by atoms with Crippen molar-refractivity contribution < 1.29 is 9.84 Å². The molecule has 1 N–H and O–H groups in total. The van der Waals surface area contributed by atoms with Gasteiger partial charge in [0, 0.05) is 26.1 Å². The van der Waals surface area contributed by atoms with E-state index in [4.69, 9.17) is 4.74 Å². The second-order valence-corrected chi connectivity index (χ2v) is 6.48. The van der Waals surface area contributed by atoms with Crippen molar-refractivity contribution in [1.82, 2.24) is 4.90 Å². The second kappa shape index (κ2) is 4.50. The minimum absolute atomic E-state index is 0.244. The van der Waals surface area contributed by atoms with Crippen LogP contribution in [0.5, 0.6) is 5.75 Å². The van der Waals surface area contributed by atoms with Crippen LogP contribution in [-0.4, -0.2) is 41.3 Å². The van der Waals surface area contributed by atoms with Gasteiger partial charge in [0.15, 0.2) is 0 Å². The van der Waals surface area contributed by atoms with Gasteiger partial charge in [-0.05, 0) is 24.5 Å². The van der Waals surface area contributed by atoms with Gasteiger partial charge in [-0.2, -0.15) is 0 Å². The number of β-amino-alcohol motifs (C(OH)–C–C–N with tert-alkyl or cyclic N) is 1. The fraction of sp³-hybridized carbons (Fsp3) is 0.625. The second-order valence-electron chi connectivity index (χ2n) is 6.48. The minimum Gasteiger partial charge on any atom is -0.488 e. The molecule has 1 fully saturated rings. The molecule has 2 aliphatic heterocycles. The topological polar surface area (TPSA) is 32.7 Å². The standard InChI is InChI=1S/C16H23NO2/c1-11(2)16(18)9-17(10-16)8-14-7-13-6-12(3)4-5-15(13)19-14/h4-6,11,14,18H,7-10H2,1-3H3. The first kappa shape index (κ1) is 12.9. The molecule has 3 heteroatoms. The zero-order valence-corrected chi connectivity index (χ0v) is 12.0. The molecule has 19 heavy (non-hydrogen) atoms. The molecular formula is C16H23NO2. The molecule has 1 saturated heterocycles. The molecule has 1 aromatic carbocycles. The number of aryl methyl sites for hydroxylation is 1. The molecule has 104 valence electrons. The van der Waals surface area contributed by atoms with E-state index in [2.05, 4.69) is 43.9 Å². The summed E-state index contributed by atoms with van der Waals surface area (Å²) in [6, 6.07) is 6.39. The molecule has 0 bridgehead atoms. The Morgan fingerprint density at radius 3 is 2.84 bits per heavy atom. The highest BCUT2D eigenvalue weighted by Crippen LogP contribution is 2.33. The minimum atomic E-state index is -0.484. The van der Waals surface area contributed by atoms with E-state index in [-0.39, 0.29) is 6.10 Å². The maximum Gasteiger partial charge on any atom is 0.123 e. The van der Waals surface area contributed by atoms with Crippen LogP contribution in [0.1, 0.15) is 25.0 Å². The van der Waals surface area contributed by atoms with Crippen molar-refractivity contribution >= 4 is 0 Å². The van der Waals surface area contributed by atoms with Gasteiger partial charge in [-0.15, -0.1) is 0 Å². The van der Waals surface area contributed by atoms with Crippen molar-refractivity contribution in [1.29, 1.82) is 0 Å². The number of ether oxygens (including phenoxy) is 1. The molecule has 0 radical (unpaired) electrons. The van der Waals surface area contributed by atoms with Crippen molar-refractivity contribution in [3.8, 4) is 5.75 Å². The molecule has 3 nitrogen and oxygen atoms in total. The third-order valence-electron chi connectivity index (χ3n) is 4.49. The highest BCUT2D eigenvalue weighted by atomic mass is 16.5. The van der Waals surface area contributed by atoms with Crippen LogP contribution < -0.4 is 4.74 Å². The van der Waals surface area contributed by atoms with Crippen LogP contribution in [-0.2, 0) is 6.42 Å². The van der Waals surface area contributed by atoms with Crippen molar-refractivity contribution in [2.24, 2.45) is 5.92 Å². The molecule has 1 unspecified atom stereocenters. The third-order valence-corrected chi connectivity index (χ3v) is 4.49. The Hall–Kier alpha value is -1.06. The number of nitrogens with zero attached hydrogens (tertiary/aromatic N) is 1. The van der Waals surface area contributed by atoms with Gasteiger partial charge in [-0.25, -0.2) is 0 Å². The Balaban J connectivity index is 1.55. The fourth-order valence-corrected chi connectivity index (χ4v) is 3.06. The van der Waals surface area contributed by atoms with Gasteiger partial charge in [-0.3, -0.25) is 4.90 Å². The fourth-order valence-electron chi connectivity index (χ4n) is 3.06. The predicted molar refractivity (Wildman–Crippen MR) is 75.5 cm³/mol. The highest BCUT2D eigenvalue weighted by molar-refractivity contribution is 5.40. The first-order valence-electron chi connectivity index (χ1n) is 7.17.